The number of likely N-dealkylation sites (tertiary alicyclic amines) is 1. The Bertz CT molecular complexity index is 627. The van der Waals surface area contributed by atoms with Gasteiger partial charge in [0.2, 0.25) is 0 Å². The van der Waals surface area contributed by atoms with Crippen molar-refractivity contribution in [1.82, 2.24) is 4.90 Å². The number of benzene rings is 2. The Hall–Kier alpha value is -1.78. The molecule has 1 atom stereocenters. The summed E-state index contributed by atoms with van der Waals surface area (Å²) >= 11 is 1.74. The van der Waals surface area contributed by atoms with Crippen molar-refractivity contribution in [3.63, 3.8) is 0 Å². The second-order valence-corrected chi connectivity index (χ2v) is 6.67. The average molecular weight is 313 g/mol. The summed E-state index contributed by atoms with van der Waals surface area (Å²) in [7, 11) is 0. The molecular formula is C18H19NO2S. The standard InChI is InChI=1S/C18H19NO2S/c20-18(21)17-7-4-12-19(17)13-14-8-10-16(11-9-14)22-15-5-2-1-3-6-15/h1-3,5-6,8-11,17H,4,7,12-13H2,(H,20,21). The lowest BCUT2D eigenvalue weighted by Crippen LogP contribution is -2.35. The number of hydrogen-bond donors (Lipinski definition) is 1. The Labute approximate surface area is 135 Å². The van der Waals surface area contributed by atoms with Crippen LogP contribution in [-0.4, -0.2) is 28.6 Å². The van der Waals surface area contributed by atoms with Gasteiger partial charge in [0.05, 0.1) is 0 Å². The Morgan fingerprint density at radius 2 is 1.77 bits per heavy atom. The molecule has 0 aliphatic carbocycles. The van der Waals surface area contributed by atoms with Crippen molar-refractivity contribution in [2.75, 3.05) is 6.54 Å². The minimum atomic E-state index is -0.700. The van der Waals surface area contributed by atoms with Gasteiger partial charge in [-0.05, 0) is 49.2 Å². The van der Waals surface area contributed by atoms with Crippen molar-refractivity contribution in [3.8, 4) is 0 Å². The third-order valence-electron chi connectivity index (χ3n) is 3.94. The molecule has 4 heteroatoms. The fourth-order valence-corrected chi connectivity index (χ4v) is 3.65. The zero-order chi connectivity index (χ0) is 15.4. The van der Waals surface area contributed by atoms with E-state index in [-0.39, 0.29) is 6.04 Å². The third kappa shape index (κ3) is 3.70. The molecule has 3 nitrogen and oxygen atoms in total. The highest BCUT2D eigenvalue weighted by Crippen LogP contribution is 2.28. The number of carboxylic acid groups (broad SMARTS) is 1. The highest BCUT2D eigenvalue weighted by molar-refractivity contribution is 7.99. The van der Waals surface area contributed by atoms with Crippen LogP contribution in [0.4, 0.5) is 0 Å². The minimum absolute atomic E-state index is 0.321. The van der Waals surface area contributed by atoms with Gasteiger partial charge in [0, 0.05) is 16.3 Å². The van der Waals surface area contributed by atoms with Crippen LogP contribution in [-0.2, 0) is 11.3 Å². The topological polar surface area (TPSA) is 40.5 Å². The first-order valence-corrected chi connectivity index (χ1v) is 8.33. The van der Waals surface area contributed by atoms with Crippen molar-refractivity contribution in [1.29, 1.82) is 0 Å². The van der Waals surface area contributed by atoms with Crippen LogP contribution in [0.3, 0.4) is 0 Å². The predicted molar refractivity (Wildman–Crippen MR) is 88.1 cm³/mol. The van der Waals surface area contributed by atoms with E-state index in [4.69, 9.17) is 0 Å². The maximum Gasteiger partial charge on any atom is 0.320 e. The van der Waals surface area contributed by atoms with E-state index in [1.165, 1.54) is 15.4 Å². The molecule has 1 aliphatic rings. The quantitative estimate of drug-likeness (QED) is 0.909. The molecule has 1 unspecified atom stereocenters. The van der Waals surface area contributed by atoms with Crippen LogP contribution in [0.2, 0.25) is 0 Å². The third-order valence-corrected chi connectivity index (χ3v) is 4.95. The lowest BCUT2D eigenvalue weighted by Gasteiger charge is -2.21. The molecule has 1 saturated heterocycles. The van der Waals surface area contributed by atoms with E-state index in [0.29, 0.717) is 6.54 Å². The van der Waals surface area contributed by atoms with Crippen LogP contribution < -0.4 is 0 Å². The molecule has 2 aromatic rings. The summed E-state index contributed by atoms with van der Waals surface area (Å²) in [5.41, 5.74) is 1.17. The Kier molecular flexibility index (Phi) is 4.80. The van der Waals surface area contributed by atoms with Gasteiger partial charge >= 0.3 is 5.97 Å². The lowest BCUT2D eigenvalue weighted by molar-refractivity contribution is -0.142. The first kappa shape index (κ1) is 15.1. The number of carbonyl (C=O) groups is 1. The summed E-state index contributed by atoms with van der Waals surface area (Å²) in [6.45, 7) is 1.59. The summed E-state index contributed by atoms with van der Waals surface area (Å²) < 4.78 is 0. The molecular weight excluding hydrogens is 294 g/mol. The smallest absolute Gasteiger partial charge is 0.320 e. The van der Waals surface area contributed by atoms with Crippen LogP contribution in [0.5, 0.6) is 0 Å². The molecule has 1 N–H and O–H groups in total. The number of carboxylic acids is 1. The van der Waals surface area contributed by atoms with Gasteiger partial charge in [0.25, 0.3) is 0 Å². The first-order valence-electron chi connectivity index (χ1n) is 7.51. The zero-order valence-corrected chi connectivity index (χ0v) is 13.1. The van der Waals surface area contributed by atoms with Gasteiger partial charge in [0.15, 0.2) is 0 Å². The second-order valence-electron chi connectivity index (χ2n) is 5.53. The Morgan fingerprint density at radius 3 is 2.45 bits per heavy atom. The molecule has 0 amide bonds. The molecule has 0 saturated carbocycles. The fraction of sp³-hybridized carbons (Fsp3) is 0.278. The average Bonchev–Trinajstić information content (AvgIpc) is 2.99. The molecule has 114 valence electrons. The van der Waals surface area contributed by atoms with Crippen molar-refractivity contribution < 1.29 is 9.90 Å². The van der Waals surface area contributed by atoms with E-state index in [0.717, 1.165) is 19.4 Å². The molecule has 2 aromatic carbocycles. The molecule has 0 spiro atoms. The molecule has 22 heavy (non-hydrogen) atoms. The SMILES string of the molecule is O=C(O)C1CCCN1Cc1ccc(Sc2ccccc2)cc1. The highest BCUT2D eigenvalue weighted by atomic mass is 32.2. The number of hydrogen-bond acceptors (Lipinski definition) is 3. The van der Waals surface area contributed by atoms with Crippen LogP contribution in [0.25, 0.3) is 0 Å². The molecule has 1 aliphatic heterocycles. The van der Waals surface area contributed by atoms with Crippen LogP contribution in [0, 0.1) is 0 Å². The summed E-state index contributed by atoms with van der Waals surface area (Å²) in [5, 5.41) is 9.22. The Balaban J connectivity index is 1.63. The normalized spacial score (nSPS) is 18.5. The number of rotatable bonds is 5. The van der Waals surface area contributed by atoms with Crippen molar-refractivity contribution in [2.24, 2.45) is 0 Å². The first-order chi connectivity index (χ1) is 10.7. The fourth-order valence-electron chi connectivity index (χ4n) is 2.82. The summed E-state index contributed by atoms with van der Waals surface area (Å²) in [5.74, 6) is -0.700. The number of aliphatic carboxylic acids is 1. The largest absolute Gasteiger partial charge is 0.480 e. The molecule has 0 aromatic heterocycles. The van der Waals surface area contributed by atoms with Gasteiger partial charge in [0.1, 0.15) is 6.04 Å². The molecule has 1 fully saturated rings. The Morgan fingerprint density at radius 1 is 1.09 bits per heavy atom. The van der Waals surface area contributed by atoms with Crippen molar-refractivity contribution in [2.45, 2.75) is 35.2 Å². The van der Waals surface area contributed by atoms with Crippen LogP contribution in [0.1, 0.15) is 18.4 Å². The monoisotopic (exact) mass is 313 g/mol. The minimum Gasteiger partial charge on any atom is -0.480 e. The highest BCUT2D eigenvalue weighted by Gasteiger charge is 2.30. The van der Waals surface area contributed by atoms with Crippen LogP contribution in [0.15, 0.2) is 64.4 Å². The molecule has 0 bridgehead atoms. The summed E-state index contributed by atoms with van der Waals surface area (Å²) in [4.78, 5) is 15.7. The molecule has 3 rings (SSSR count). The van der Waals surface area contributed by atoms with E-state index in [1.54, 1.807) is 11.8 Å². The number of nitrogens with zero attached hydrogens (tertiary/aromatic N) is 1. The van der Waals surface area contributed by atoms with Crippen molar-refractivity contribution >= 4 is 17.7 Å². The van der Waals surface area contributed by atoms with E-state index in [9.17, 15) is 9.90 Å². The zero-order valence-electron chi connectivity index (χ0n) is 12.3. The van der Waals surface area contributed by atoms with Gasteiger partial charge in [-0.15, -0.1) is 0 Å². The second kappa shape index (κ2) is 6.99. The van der Waals surface area contributed by atoms with Gasteiger partial charge in [-0.1, -0.05) is 42.1 Å². The van der Waals surface area contributed by atoms with E-state index in [1.807, 2.05) is 18.2 Å². The van der Waals surface area contributed by atoms with Gasteiger partial charge in [-0.2, -0.15) is 0 Å². The molecule has 0 radical (unpaired) electrons. The van der Waals surface area contributed by atoms with E-state index in [2.05, 4.69) is 41.3 Å². The van der Waals surface area contributed by atoms with Crippen LogP contribution >= 0.6 is 11.8 Å². The maximum absolute atomic E-state index is 11.2. The van der Waals surface area contributed by atoms with Gasteiger partial charge in [-0.25, -0.2) is 0 Å². The lowest BCUT2D eigenvalue weighted by atomic mass is 10.2. The predicted octanol–water partition coefficient (Wildman–Crippen LogP) is 3.89. The van der Waals surface area contributed by atoms with Gasteiger partial charge in [-0.3, -0.25) is 9.69 Å². The summed E-state index contributed by atoms with van der Waals surface area (Å²) in [6.07, 6.45) is 1.73. The summed E-state index contributed by atoms with van der Waals surface area (Å²) in [6, 6.07) is 18.4. The van der Waals surface area contributed by atoms with Crippen molar-refractivity contribution in [3.05, 3.63) is 60.2 Å². The molecule has 1 heterocycles. The van der Waals surface area contributed by atoms with E-state index >= 15 is 0 Å². The van der Waals surface area contributed by atoms with Gasteiger partial charge < -0.3 is 5.11 Å². The maximum atomic E-state index is 11.2. The van der Waals surface area contributed by atoms with E-state index < -0.39 is 5.97 Å².